The van der Waals surface area contributed by atoms with Crippen LogP contribution in [0.15, 0.2) is 18.2 Å². The maximum Gasteiger partial charge on any atom is 0.127 e. The zero-order chi connectivity index (χ0) is 11.1. The van der Waals surface area contributed by atoms with Gasteiger partial charge in [0.15, 0.2) is 0 Å². The van der Waals surface area contributed by atoms with Gasteiger partial charge >= 0.3 is 0 Å². The molecule has 2 heteroatoms. The number of benzene rings is 1. The number of fused-ring (bicyclic) bond motifs is 1. The first-order valence-electron chi connectivity index (χ1n) is 5.55. The summed E-state index contributed by atoms with van der Waals surface area (Å²) in [5.74, 6) is 0.317. The van der Waals surface area contributed by atoms with Gasteiger partial charge in [-0.1, -0.05) is 26.0 Å². The predicted molar refractivity (Wildman–Crippen MR) is 60.3 cm³/mol. The van der Waals surface area contributed by atoms with Gasteiger partial charge in [0.25, 0.3) is 0 Å². The Bertz CT molecular complexity index is 371. The molecule has 1 atom stereocenters. The summed E-state index contributed by atoms with van der Waals surface area (Å²) < 4.78 is 13.8. The quantitative estimate of drug-likeness (QED) is 0.752. The third-order valence-corrected chi connectivity index (χ3v) is 3.81. The summed E-state index contributed by atoms with van der Waals surface area (Å²) in [6, 6.07) is 5.39. The predicted octanol–water partition coefficient (Wildman–Crippen LogP) is 2.62. The van der Waals surface area contributed by atoms with Gasteiger partial charge < -0.3 is 5.73 Å². The van der Waals surface area contributed by atoms with Gasteiger partial charge in [-0.25, -0.2) is 4.39 Å². The van der Waals surface area contributed by atoms with Gasteiger partial charge in [-0.3, -0.25) is 0 Å². The van der Waals surface area contributed by atoms with Crippen LogP contribution in [0.1, 0.15) is 31.4 Å². The van der Waals surface area contributed by atoms with Crippen LogP contribution >= 0.6 is 0 Å². The lowest BCUT2D eigenvalue weighted by molar-refractivity contribution is 0.276. The van der Waals surface area contributed by atoms with Crippen LogP contribution in [0.4, 0.5) is 4.39 Å². The van der Waals surface area contributed by atoms with Crippen LogP contribution < -0.4 is 5.73 Å². The largest absolute Gasteiger partial charge is 0.330 e. The molecule has 0 saturated carbocycles. The Kier molecular flexibility index (Phi) is 2.55. The average molecular weight is 207 g/mol. The summed E-state index contributed by atoms with van der Waals surface area (Å²) >= 11 is 0. The maximum atomic E-state index is 13.8. The van der Waals surface area contributed by atoms with Crippen molar-refractivity contribution in [2.45, 2.75) is 32.1 Å². The first-order chi connectivity index (χ1) is 7.07. The van der Waals surface area contributed by atoms with Crippen LogP contribution in [-0.2, 0) is 11.8 Å². The third-order valence-electron chi connectivity index (χ3n) is 3.81. The van der Waals surface area contributed by atoms with Crippen molar-refractivity contribution < 1.29 is 4.39 Å². The van der Waals surface area contributed by atoms with E-state index >= 15 is 0 Å². The lowest BCUT2D eigenvalue weighted by Crippen LogP contribution is -2.39. The number of nitrogens with two attached hydrogens (primary N) is 1. The van der Waals surface area contributed by atoms with Gasteiger partial charge in [-0.05, 0) is 47.9 Å². The number of rotatable bonds is 1. The zero-order valence-electron chi connectivity index (χ0n) is 9.39. The molecular formula is C13H18FN. The maximum absolute atomic E-state index is 13.8. The second-order valence-corrected chi connectivity index (χ2v) is 4.97. The highest BCUT2D eigenvalue weighted by Gasteiger charge is 2.37. The summed E-state index contributed by atoms with van der Waals surface area (Å²) in [7, 11) is 0. The molecule has 0 aromatic heterocycles. The summed E-state index contributed by atoms with van der Waals surface area (Å²) in [4.78, 5) is 0. The number of aryl methyl sites for hydroxylation is 1. The van der Waals surface area contributed by atoms with Crippen molar-refractivity contribution in [2.75, 3.05) is 6.54 Å². The summed E-state index contributed by atoms with van der Waals surface area (Å²) in [5.41, 5.74) is 7.67. The monoisotopic (exact) mass is 207 g/mol. The minimum atomic E-state index is -0.131. The molecular weight excluding hydrogens is 189 g/mol. The van der Waals surface area contributed by atoms with E-state index in [1.54, 1.807) is 12.1 Å². The molecule has 0 saturated heterocycles. The van der Waals surface area contributed by atoms with E-state index in [2.05, 4.69) is 13.8 Å². The minimum Gasteiger partial charge on any atom is -0.330 e. The number of halogens is 1. The first-order valence-corrected chi connectivity index (χ1v) is 5.55. The Morgan fingerprint density at radius 2 is 2.20 bits per heavy atom. The van der Waals surface area contributed by atoms with Gasteiger partial charge in [0.05, 0.1) is 0 Å². The molecule has 1 nitrogen and oxygen atoms in total. The van der Waals surface area contributed by atoms with Crippen LogP contribution in [0.2, 0.25) is 0 Å². The highest BCUT2D eigenvalue weighted by Crippen LogP contribution is 2.41. The molecule has 0 spiro atoms. The van der Waals surface area contributed by atoms with Gasteiger partial charge in [-0.15, -0.1) is 0 Å². The number of hydrogen-bond donors (Lipinski definition) is 1. The molecule has 82 valence electrons. The molecule has 0 bridgehead atoms. The molecule has 0 amide bonds. The number of hydrogen-bond acceptors (Lipinski definition) is 1. The van der Waals surface area contributed by atoms with Crippen LogP contribution in [-0.4, -0.2) is 6.54 Å². The topological polar surface area (TPSA) is 26.0 Å². The van der Waals surface area contributed by atoms with E-state index in [0.29, 0.717) is 12.5 Å². The van der Waals surface area contributed by atoms with E-state index in [4.69, 9.17) is 5.73 Å². The Labute approximate surface area is 90.5 Å². The molecule has 1 aliphatic carbocycles. The van der Waals surface area contributed by atoms with Crippen LogP contribution in [0.25, 0.3) is 0 Å². The molecule has 1 aromatic carbocycles. The van der Waals surface area contributed by atoms with Crippen molar-refractivity contribution in [3.05, 3.63) is 35.1 Å². The van der Waals surface area contributed by atoms with Crippen molar-refractivity contribution in [1.82, 2.24) is 0 Å². The van der Waals surface area contributed by atoms with E-state index < -0.39 is 0 Å². The minimum absolute atomic E-state index is 0.0735. The Morgan fingerprint density at radius 3 is 2.87 bits per heavy atom. The fraction of sp³-hybridized carbons (Fsp3) is 0.538. The fourth-order valence-corrected chi connectivity index (χ4v) is 2.81. The molecule has 0 aliphatic heterocycles. The third kappa shape index (κ3) is 1.57. The van der Waals surface area contributed by atoms with Gasteiger partial charge in [0.2, 0.25) is 0 Å². The van der Waals surface area contributed by atoms with Crippen molar-refractivity contribution in [3.8, 4) is 0 Å². The highest BCUT2D eigenvalue weighted by molar-refractivity contribution is 5.37. The summed E-state index contributed by atoms with van der Waals surface area (Å²) in [6.45, 7) is 4.85. The average Bonchev–Trinajstić information content (AvgIpc) is 2.17. The lowest BCUT2D eigenvalue weighted by atomic mass is 9.65. The van der Waals surface area contributed by atoms with Crippen molar-refractivity contribution in [3.63, 3.8) is 0 Å². The molecule has 0 heterocycles. The highest BCUT2D eigenvalue weighted by atomic mass is 19.1. The van der Waals surface area contributed by atoms with Crippen LogP contribution in [0, 0.1) is 11.7 Å². The molecule has 0 radical (unpaired) electrons. The van der Waals surface area contributed by atoms with Gasteiger partial charge in [-0.2, -0.15) is 0 Å². The van der Waals surface area contributed by atoms with E-state index in [1.165, 1.54) is 0 Å². The molecule has 0 fully saturated rings. The Morgan fingerprint density at radius 1 is 1.47 bits per heavy atom. The summed E-state index contributed by atoms with van der Waals surface area (Å²) in [6.07, 6.45) is 2.03. The second-order valence-electron chi connectivity index (χ2n) is 4.97. The SMILES string of the molecule is CC1(C)c2c(F)cccc2CCC1CN. The Hall–Kier alpha value is -0.890. The molecule has 2 rings (SSSR count). The Balaban J connectivity index is 2.55. The zero-order valence-corrected chi connectivity index (χ0v) is 9.39. The normalized spacial score (nSPS) is 23.6. The molecule has 15 heavy (non-hydrogen) atoms. The fourth-order valence-electron chi connectivity index (χ4n) is 2.81. The second kappa shape index (κ2) is 3.60. The van der Waals surface area contributed by atoms with Crippen molar-refractivity contribution >= 4 is 0 Å². The molecule has 1 unspecified atom stereocenters. The van der Waals surface area contributed by atoms with Gasteiger partial charge in [0.1, 0.15) is 5.82 Å². The molecule has 1 aromatic rings. The van der Waals surface area contributed by atoms with E-state index in [0.717, 1.165) is 24.0 Å². The first kappa shape index (κ1) is 10.6. The van der Waals surface area contributed by atoms with Gasteiger partial charge in [0, 0.05) is 0 Å². The summed E-state index contributed by atoms with van der Waals surface area (Å²) in [5, 5.41) is 0. The lowest BCUT2D eigenvalue weighted by Gasteiger charge is -2.40. The smallest absolute Gasteiger partial charge is 0.127 e. The van der Waals surface area contributed by atoms with E-state index in [1.807, 2.05) is 6.07 Å². The van der Waals surface area contributed by atoms with E-state index in [9.17, 15) is 4.39 Å². The van der Waals surface area contributed by atoms with Crippen molar-refractivity contribution in [1.29, 1.82) is 0 Å². The van der Waals surface area contributed by atoms with Crippen LogP contribution in [0.5, 0.6) is 0 Å². The standard InChI is InChI=1S/C13H18FN/c1-13(2)10(8-15)7-6-9-4-3-5-11(14)12(9)13/h3-5,10H,6-8,15H2,1-2H3. The van der Waals surface area contributed by atoms with Crippen LogP contribution in [0.3, 0.4) is 0 Å². The molecule has 2 N–H and O–H groups in total. The van der Waals surface area contributed by atoms with Crippen molar-refractivity contribution in [2.24, 2.45) is 11.7 Å². The van der Waals surface area contributed by atoms with E-state index in [-0.39, 0.29) is 11.2 Å². The molecule has 1 aliphatic rings.